The third-order valence-corrected chi connectivity index (χ3v) is 7.30. The summed E-state index contributed by atoms with van der Waals surface area (Å²) >= 11 is 0. The number of hydrogen-bond donors (Lipinski definition) is 0. The summed E-state index contributed by atoms with van der Waals surface area (Å²) in [5.41, 5.74) is 0. The summed E-state index contributed by atoms with van der Waals surface area (Å²) in [6.07, 6.45) is 15.6. The summed E-state index contributed by atoms with van der Waals surface area (Å²) < 4.78 is 0. The van der Waals surface area contributed by atoms with Crippen LogP contribution >= 0.6 is 0 Å². The van der Waals surface area contributed by atoms with E-state index in [9.17, 15) is 0 Å². The van der Waals surface area contributed by atoms with Crippen molar-refractivity contribution in [3.63, 3.8) is 0 Å². The van der Waals surface area contributed by atoms with E-state index in [-0.39, 0.29) is 0 Å². The topological polar surface area (TPSA) is 0 Å². The minimum absolute atomic E-state index is 1.16. The van der Waals surface area contributed by atoms with Crippen molar-refractivity contribution in [1.82, 2.24) is 0 Å². The first-order chi connectivity index (χ1) is 8.88. The Bertz CT molecular complexity index is 307. The molecule has 7 unspecified atom stereocenters. The van der Waals surface area contributed by atoms with E-state index in [4.69, 9.17) is 0 Å². The third kappa shape index (κ3) is 1.63. The highest BCUT2D eigenvalue weighted by Crippen LogP contribution is 2.69. The van der Waals surface area contributed by atoms with E-state index in [0.29, 0.717) is 0 Å². The summed E-state index contributed by atoms with van der Waals surface area (Å²) in [4.78, 5) is 0. The third-order valence-electron chi connectivity index (χ3n) is 7.30. The van der Waals surface area contributed by atoms with Crippen LogP contribution in [-0.4, -0.2) is 0 Å². The molecule has 18 heavy (non-hydrogen) atoms. The minimum Gasteiger partial charge on any atom is -0.0654 e. The Kier molecular flexibility index (Phi) is 2.97. The Morgan fingerprint density at radius 1 is 0.778 bits per heavy atom. The fraction of sp³-hybridized carbons (Fsp3) is 1.00. The van der Waals surface area contributed by atoms with E-state index >= 15 is 0 Å². The van der Waals surface area contributed by atoms with Crippen molar-refractivity contribution < 1.29 is 0 Å². The second-order valence-corrected chi connectivity index (χ2v) is 7.99. The molecule has 0 aromatic rings. The van der Waals surface area contributed by atoms with Crippen molar-refractivity contribution in [3.05, 3.63) is 0 Å². The van der Waals surface area contributed by atoms with Gasteiger partial charge >= 0.3 is 0 Å². The highest BCUT2D eigenvalue weighted by Gasteiger charge is 2.61. The number of fused-ring (bicyclic) bond motifs is 9. The van der Waals surface area contributed by atoms with E-state index in [2.05, 4.69) is 6.92 Å². The van der Waals surface area contributed by atoms with Gasteiger partial charge in [0.2, 0.25) is 0 Å². The molecule has 0 heteroatoms. The van der Waals surface area contributed by atoms with Crippen LogP contribution in [-0.2, 0) is 0 Å². The summed E-state index contributed by atoms with van der Waals surface area (Å²) in [6, 6.07) is 0. The largest absolute Gasteiger partial charge is 0.0654 e. The maximum atomic E-state index is 2.33. The SMILES string of the molecule is CCCCCCC1CC2CC1C1C3CCC(C3)C21. The van der Waals surface area contributed by atoms with E-state index in [1.54, 1.807) is 38.5 Å². The molecule has 0 heterocycles. The van der Waals surface area contributed by atoms with Crippen LogP contribution in [0, 0.1) is 41.4 Å². The Labute approximate surface area is 113 Å². The quantitative estimate of drug-likeness (QED) is 0.457. The molecule has 0 aromatic carbocycles. The van der Waals surface area contributed by atoms with Crippen LogP contribution in [0.3, 0.4) is 0 Å². The minimum atomic E-state index is 1.16. The van der Waals surface area contributed by atoms with E-state index in [1.807, 2.05) is 0 Å². The molecule has 0 amide bonds. The van der Waals surface area contributed by atoms with Crippen LogP contribution < -0.4 is 0 Å². The summed E-state index contributed by atoms with van der Waals surface area (Å²) in [5, 5.41) is 0. The number of unbranched alkanes of at least 4 members (excludes halogenated alkanes) is 3. The maximum absolute atomic E-state index is 2.33. The lowest BCUT2D eigenvalue weighted by molar-refractivity contribution is 0.0997. The molecule has 102 valence electrons. The van der Waals surface area contributed by atoms with Crippen molar-refractivity contribution in [2.75, 3.05) is 0 Å². The highest BCUT2D eigenvalue weighted by atomic mass is 14.7. The van der Waals surface area contributed by atoms with Crippen molar-refractivity contribution in [3.8, 4) is 0 Å². The van der Waals surface area contributed by atoms with E-state index < -0.39 is 0 Å². The molecule has 0 N–H and O–H groups in total. The average molecular weight is 246 g/mol. The Hall–Kier alpha value is 0. The molecule has 0 aliphatic heterocycles. The van der Waals surface area contributed by atoms with Gasteiger partial charge in [-0.3, -0.25) is 0 Å². The monoisotopic (exact) mass is 246 g/mol. The first-order valence-electron chi connectivity index (χ1n) is 8.88. The predicted molar refractivity (Wildman–Crippen MR) is 76.3 cm³/mol. The van der Waals surface area contributed by atoms with Gasteiger partial charge in [-0.05, 0) is 73.5 Å². The van der Waals surface area contributed by atoms with Gasteiger partial charge in [0.25, 0.3) is 0 Å². The Morgan fingerprint density at radius 3 is 2.44 bits per heavy atom. The van der Waals surface area contributed by atoms with Gasteiger partial charge in [-0.15, -0.1) is 0 Å². The Balaban J connectivity index is 1.37. The molecular weight excluding hydrogens is 216 g/mol. The maximum Gasteiger partial charge on any atom is -0.0321 e. The zero-order valence-electron chi connectivity index (χ0n) is 12.1. The Morgan fingerprint density at radius 2 is 1.61 bits per heavy atom. The van der Waals surface area contributed by atoms with Crippen LogP contribution in [0.25, 0.3) is 0 Å². The van der Waals surface area contributed by atoms with Crippen LogP contribution in [0.4, 0.5) is 0 Å². The molecule has 4 bridgehead atoms. The second-order valence-electron chi connectivity index (χ2n) is 7.99. The molecule has 0 saturated heterocycles. The molecule has 4 fully saturated rings. The lowest BCUT2D eigenvalue weighted by atomic mass is 9.66. The van der Waals surface area contributed by atoms with Crippen LogP contribution in [0.2, 0.25) is 0 Å². The fourth-order valence-corrected chi connectivity index (χ4v) is 6.87. The van der Waals surface area contributed by atoms with E-state index in [1.165, 1.54) is 61.2 Å². The van der Waals surface area contributed by atoms with Crippen LogP contribution in [0.15, 0.2) is 0 Å². The summed E-state index contributed by atoms with van der Waals surface area (Å²) in [6.45, 7) is 2.33. The number of rotatable bonds is 5. The second kappa shape index (κ2) is 4.53. The van der Waals surface area contributed by atoms with Crippen molar-refractivity contribution in [2.45, 2.75) is 71.1 Å². The molecule has 0 nitrogen and oxygen atoms in total. The smallest absolute Gasteiger partial charge is 0.0321 e. The molecular formula is C18H30. The van der Waals surface area contributed by atoms with Crippen molar-refractivity contribution >= 4 is 0 Å². The predicted octanol–water partition coefficient (Wildman–Crippen LogP) is 5.28. The standard InChI is InChI=1S/C18H30/c1-2-3-4-5-6-12-9-15-11-16(12)18-14-8-7-13(10-14)17(15)18/h12-18H,2-11H2,1H3. The lowest BCUT2D eigenvalue weighted by Gasteiger charge is -2.38. The summed E-state index contributed by atoms with van der Waals surface area (Å²) in [5.74, 6) is 8.36. The lowest BCUT2D eigenvalue weighted by Crippen LogP contribution is -2.32. The van der Waals surface area contributed by atoms with Gasteiger partial charge in [0.15, 0.2) is 0 Å². The molecule has 7 atom stereocenters. The zero-order valence-corrected chi connectivity index (χ0v) is 12.1. The van der Waals surface area contributed by atoms with Gasteiger partial charge in [0.1, 0.15) is 0 Å². The molecule has 4 saturated carbocycles. The fourth-order valence-electron chi connectivity index (χ4n) is 6.87. The molecule has 4 aliphatic carbocycles. The molecule has 4 rings (SSSR count). The van der Waals surface area contributed by atoms with Gasteiger partial charge in [0, 0.05) is 0 Å². The van der Waals surface area contributed by atoms with Gasteiger partial charge in [-0.25, -0.2) is 0 Å². The van der Waals surface area contributed by atoms with Crippen LogP contribution in [0.1, 0.15) is 71.1 Å². The van der Waals surface area contributed by atoms with Crippen molar-refractivity contribution in [2.24, 2.45) is 41.4 Å². The normalized spacial score (nSPS) is 52.2. The van der Waals surface area contributed by atoms with E-state index in [0.717, 1.165) is 5.92 Å². The zero-order chi connectivity index (χ0) is 12.1. The van der Waals surface area contributed by atoms with Crippen LogP contribution in [0.5, 0.6) is 0 Å². The molecule has 4 aliphatic rings. The highest BCUT2D eigenvalue weighted by molar-refractivity contribution is 5.10. The number of hydrogen-bond acceptors (Lipinski definition) is 0. The van der Waals surface area contributed by atoms with Gasteiger partial charge in [-0.2, -0.15) is 0 Å². The van der Waals surface area contributed by atoms with Gasteiger partial charge in [0.05, 0.1) is 0 Å². The van der Waals surface area contributed by atoms with Gasteiger partial charge < -0.3 is 0 Å². The van der Waals surface area contributed by atoms with Gasteiger partial charge in [-0.1, -0.05) is 39.0 Å². The van der Waals surface area contributed by atoms with Crippen molar-refractivity contribution in [1.29, 1.82) is 0 Å². The molecule has 0 radical (unpaired) electrons. The molecule has 0 spiro atoms. The molecule has 0 aromatic heterocycles. The average Bonchev–Trinajstić information content (AvgIpc) is 3.10. The first-order valence-corrected chi connectivity index (χ1v) is 8.88. The summed E-state index contributed by atoms with van der Waals surface area (Å²) in [7, 11) is 0. The first kappa shape index (κ1) is 11.8.